The van der Waals surface area contributed by atoms with Gasteiger partial charge < -0.3 is 5.11 Å². The molecule has 0 atom stereocenters. The normalized spacial score (nSPS) is 11.2. The summed E-state index contributed by atoms with van der Waals surface area (Å²) in [5, 5.41) is 9.23. The Labute approximate surface area is 131 Å². The SMILES string of the molecule is Cc1c(Cl)cccc1NS(=O)(=O)c1cc(C(=O)O)ccc1F. The zero-order valence-electron chi connectivity index (χ0n) is 11.3. The molecule has 8 heteroatoms. The van der Waals surface area contributed by atoms with Crippen LogP contribution in [0.3, 0.4) is 0 Å². The van der Waals surface area contributed by atoms with Crippen molar-refractivity contribution in [2.75, 3.05) is 4.72 Å². The van der Waals surface area contributed by atoms with Gasteiger partial charge in [-0.1, -0.05) is 17.7 Å². The molecule has 0 aliphatic heterocycles. The van der Waals surface area contributed by atoms with E-state index in [0.29, 0.717) is 10.6 Å². The molecule has 2 aromatic rings. The van der Waals surface area contributed by atoms with Crippen molar-refractivity contribution in [3.05, 3.63) is 58.4 Å². The number of carbonyl (C=O) groups is 1. The van der Waals surface area contributed by atoms with Crippen LogP contribution in [0.4, 0.5) is 10.1 Å². The van der Waals surface area contributed by atoms with Crippen LogP contribution < -0.4 is 4.72 Å². The van der Waals surface area contributed by atoms with Crippen molar-refractivity contribution in [3.8, 4) is 0 Å². The number of sulfonamides is 1. The summed E-state index contributed by atoms with van der Waals surface area (Å²) in [6.07, 6.45) is 0. The van der Waals surface area contributed by atoms with Gasteiger partial charge in [0.15, 0.2) is 0 Å². The Balaban J connectivity index is 2.49. The molecule has 0 saturated carbocycles. The van der Waals surface area contributed by atoms with E-state index in [-0.39, 0.29) is 11.3 Å². The van der Waals surface area contributed by atoms with Gasteiger partial charge in [0.1, 0.15) is 10.7 Å². The molecule has 116 valence electrons. The van der Waals surface area contributed by atoms with Gasteiger partial charge in [-0.25, -0.2) is 17.6 Å². The fourth-order valence-corrected chi connectivity index (χ4v) is 3.16. The number of carboxylic acids is 1. The molecule has 0 saturated heterocycles. The highest BCUT2D eigenvalue weighted by molar-refractivity contribution is 7.92. The summed E-state index contributed by atoms with van der Waals surface area (Å²) >= 11 is 5.90. The highest BCUT2D eigenvalue weighted by Crippen LogP contribution is 2.26. The van der Waals surface area contributed by atoms with Gasteiger partial charge in [0.25, 0.3) is 10.0 Å². The third-order valence-corrected chi connectivity index (χ3v) is 4.77. The zero-order chi connectivity index (χ0) is 16.5. The number of nitrogens with one attached hydrogen (secondary N) is 1. The van der Waals surface area contributed by atoms with Gasteiger partial charge in [0, 0.05) is 5.02 Å². The third kappa shape index (κ3) is 3.20. The molecule has 0 radical (unpaired) electrons. The first kappa shape index (κ1) is 16.3. The van der Waals surface area contributed by atoms with Crippen molar-refractivity contribution in [1.82, 2.24) is 0 Å². The van der Waals surface area contributed by atoms with Gasteiger partial charge in [-0.15, -0.1) is 0 Å². The summed E-state index contributed by atoms with van der Waals surface area (Å²) in [4.78, 5) is 10.1. The van der Waals surface area contributed by atoms with E-state index < -0.39 is 26.7 Å². The van der Waals surface area contributed by atoms with Crippen LogP contribution in [-0.4, -0.2) is 19.5 Å². The van der Waals surface area contributed by atoms with Crippen LogP contribution in [0.5, 0.6) is 0 Å². The Bertz CT molecular complexity index is 852. The van der Waals surface area contributed by atoms with E-state index in [1.54, 1.807) is 13.0 Å². The van der Waals surface area contributed by atoms with E-state index in [9.17, 15) is 17.6 Å². The van der Waals surface area contributed by atoms with Crippen LogP contribution in [0.1, 0.15) is 15.9 Å². The summed E-state index contributed by atoms with van der Waals surface area (Å²) in [7, 11) is -4.29. The molecule has 0 heterocycles. The molecule has 0 spiro atoms. The minimum absolute atomic E-state index is 0.188. The number of halogens is 2. The van der Waals surface area contributed by atoms with Crippen LogP contribution >= 0.6 is 11.6 Å². The monoisotopic (exact) mass is 343 g/mol. The summed E-state index contributed by atoms with van der Waals surface area (Å²) in [6, 6.07) is 7.14. The molecule has 0 fully saturated rings. The number of anilines is 1. The number of aromatic carboxylic acids is 1. The van der Waals surface area contributed by atoms with Crippen molar-refractivity contribution < 1.29 is 22.7 Å². The van der Waals surface area contributed by atoms with Crippen LogP contribution in [0, 0.1) is 12.7 Å². The van der Waals surface area contributed by atoms with Crippen molar-refractivity contribution >= 4 is 33.3 Å². The maximum absolute atomic E-state index is 13.8. The number of hydrogen-bond acceptors (Lipinski definition) is 3. The third-order valence-electron chi connectivity index (χ3n) is 2.98. The first-order valence-corrected chi connectivity index (χ1v) is 7.89. The highest BCUT2D eigenvalue weighted by Gasteiger charge is 2.22. The molecule has 0 aliphatic carbocycles. The molecular formula is C14H11ClFNO4S. The molecule has 2 N–H and O–H groups in total. The quantitative estimate of drug-likeness (QED) is 0.892. The van der Waals surface area contributed by atoms with Crippen molar-refractivity contribution in [3.63, 3.8) is 0 Å². The first-order valence-electron chi connectivity index (χ1n) is 6.03. The Morgan fingerprint density at radius 1 is 1.27 bits per heavy atom. The Kier molecular flexibility index (Phi) is 4.39. The fraction of sp³-hybridized carbons (Fsp3) is 0.0714. The average Bonchev–Trinajstić information content (AvgIpc) is 2.43. The molecule has 2 aromatic carbocycles. The van der Waals surface area contributed by atoms with Gasteiger partial charge >= 0.3 is 5.97 Å². The van der Waals surface area contributed by atoms with E-state index in [1.807, 2.05) is 0 Å². The second-order valence-corrected chi connectivity index (χ2v) is 6.53. The molecule has 0 unspecified atom stereocenters. The Morgan fingerprint density at radius 3 is 2.59 bits per heavy atom. The predicted octanol–water partition coefficient (Wildman–Crippen LogP) is 3.29. The second kappa shape index (κ2) is 5.94. The zero-order valence-corrected chi connectivity index (χ0v) is 12.9. The average molecular weight is 344 g/mol. The molecular weight excluding hydrogens is 333 g/mol. The van der Waals surface area contributed by atoms with Crippen LogP contribution in [0.25, 0.3) is 0 Å². The van der Waals surface area contributed by atoms with Gasteiger partial charge in [-0.2, -0.15) is 0 Å². The lowest BCUT2D eigenvalue weighted by atomic mass is 10.2. The van der Waals surface area contributed by atoms with Gasteiger partial charge in [0.2, 0.25) is 0 Å². The Morgan fingerprint density at radius 2 is 1.95 bits per heavy atom. The lowest BCUT2D eigenvalue weighted by molar-refractivity contribution is 0.0696. The maximum atomic E-state index is 13.8. The number of rotatable bonds is 4. The van der Waals surface area contributed by atoms with E-state index >= 15 is 0 Å². The number of carboxylic acid groups (broad SMARTS) is 1. The molecule has 22 heavy (non-hydrogen) atoms. The molecule has 2 rings (SSSR count). The van der Waals surface area contributed by atoms with Crippen LogP contribution in [0.2, 0.25) is 5.02 Å². The standard InChI is InChI=1S/C14H11ClFNO4S/c1-8-10(15)3-2-4-12(8)17-22(20,21)13-7-9(14(18)19)5-6-11(13)16/h2-7,17H,1H3,(H,18,19). The van der Waals surface area contributed by atoms with Crippen molar-refractivity contribution in [1.29, 1.82) is 0 Å². The van der Waals surface area contributed by atoms with Crippen LogP contribution in [0.15, 0.2) is 41.3 Å². The van der Waals surface area contributed by atoms with Crippen molar-refractivity contribution in [2.45, 2.75) is 11.8 Å². The smallest absolute Gasteiger partial charge is 0.335 e. The molecule has 0 aromatic heterocycles. The minimum Gasteiger partial charge on any atom is -0.478 e. The molecule has 5 nitrogen and oxygen atoms in total. The van der Waals surface area contributed by atoms with Gasteiger partial charge in [-0.3, -0.25) is 4.72 Å². The van der Waals surface area contributed by atoms with E-state index in [2.05, 4.69) is 4.72 Å². The van der Waals surface area contributed by atoms with Crippen LogP contribution in [-0.2, 0) is 10.0 Å². The Hall–Kier alpha value is -2.12. The minimum atomic E-state index is -4.29. The van der Waals surface area contributed by atoms with E-state index in [4.69, 9.17) is 16.7 Å². The lowest BCUT2D eigenvalue weighted by Gasteiger charge is -2.12. The number of hydrogen-bond donors (Lipinski definition) is 2. The first-order chi connectivity index (χ1) is 10.2. The van der Waals surface area contributed by atoms with Gasteiger partial charge in [0.05, 0.1) is 11.3 Å². The summed E-state index contributed by atoms with van der Waals surface area (Å²) < 4.78 is 40.5. The molecule has 0 aliphatic rings. The lowest BCUT2D eigenvalue weighted by Crippen LogP contribution is -2.16. The largest absolute Gasteiger partial charge is 0.478 e. The van der Waals surface area contributed by atoms with Crippen molar-refractivity contribution in [2.24, 2.45) is 0 Å². The fourth-order valence-electron chi connectivity index (χ4n) is 1.76. The molecule has 0 amide bonds. The number of benzene rings is 2. The highest BCUT2D eigenvalue weighted by atomic mass is 35.5. The summed E-state index contributed by atoms with van der Waals surface area (Å²) in [5.41, 5.74) is 0.333. The predicted molar refractivity (Wildman–Crippen MR) is 80.4 cm³/mol. The topological polar surface area (TPSA) is 83.5 Å². The summed E-state index contributed by atoms with van der Waals surface area (Å²) in [5.74, 6) is -2.40. The van der Waals surface area contributed by atoms with E-state index in [0.717, 1.165) is 18.2 Å². The maximum Gasteiger partial charge on any atom is 0.335 e. The summed E-state index contributed by atoms with van der Waals surface area (Å²) in [6.45, 7) is 1.60. The van der Waals surface area contributed by atoms with E-state index in [1.165, 1.54) is 12.1 Å². The molecule has 0 bridgehead atoms. The second-order valence-electron chi connectivity index (χ2n) is 4.47. The van der Waals surface area contributed by atoms with Gasteiger partial charge in [-0.05, 0) is 42.8 Å².